The topological polar surface area (TPSA) is 76.1 Å². The summed E-state index contributed by atoms with van der Waals surface area (Å²) in [7, 11) is 3.15. The first-order valence-electron chi connectivity index (χ1n) is 6.26. The van der Waals surface area contributed by atoms with Crippen molar-refractivity contribution in [3.63, 3.8) is 0 Å². The lowest BCUT2D eigenvalue weighted by Crippen LogP contribution is -2.44. The number of benzene rings is 1. The van der Waals surface area contributed by atoms with Crippen molar-refractivity contribution < 1.29 is 24.2 Å². The van der Waals surface area contributed by atoms with Crippen LogP contribution in [0.1, 0.15) is 10.4 Å². The second-order valence-electron chi connectivity index (χ2n) is 4.69. The molecule has 6 heteroatoms. The summed E-state index contributed by atoms with van der Waals surface area (Å²) in [5, 5.41) is 9.12. The van der Waals surface area contributed by atoms with E-state index in [2.05, 4.69) is 0 Å². The SMILES string of the molecule is COc1ccc(C(=O)N(C)C2COCC2C(=O)O)cc1. The fourth-order valence-electron chi connectivity index (χ4n) is 2.25. The molecule has 1 aromatic rings. The Labute approximate surface area is 116 Å². The van der Waals surface area contributed by atoms with Crippen LogP contribution < -0.4 is 4.74 Å². The van der Waals surface area contributed by atoms with Crippen LogP contribution in [-0.2, 0) is 9.53 Å². The standard InChI is InChI=1S/C14H17NO5/c1-15(12-8-20-7-11(12)14(17)18)13(16)9-3-5-10(19-2)6-4-9/h3-6,11-12H,7-8H2,1-2H3,(H,17,18). The van der Waals surface area contributed by atoms with Gasteiger partial charge in [0.1, 0.15) is 11.7 Å². The number of amides is 1. The van der Waals surface area contributed by atoms with Crippen molar-refractivity contribution in [2.75, 3.05) is 27.4 Å². The molecule has 1 N–H and O–H groups in total. The molecule has 0 bridgehead atoms. The molecule has 20 heavy (non-hydrogen) atoms. The Morgan fingerprint density at radius 2 is 1.95 bits per heavy atom. The van der Waals surface area contributed by atoms with E-state index in [1.165, 1.54) is 4.90 Å². The Hall–Kier alpha value is -2.08. The van der Waals surface area contributed by atoms with Gasteiger partial charge in [-0.3, -0.25) is 9.59 Å². The number of methoxy groups -OCH3 is 1. The van der Waals surface area contributed by atoms with Gasteiger partial charge in [0.15, 0.2) is 0 Å². The van der Waals surface area contributed by atoms with Gasteiger partial charge < -0.3 is 19.5 Å². The first kappa shape index (κ1) is 14.3. The highest BCUT2D eigenvalue weighted by molar-refractivity contribution is 5.94. The third-order valence-electron chi connectivity index (χ3n) is 3.52. The summed E-state index contributed by atoms with van der Waals surface area (Å²) in [6, 6.07) is 6.26. The third kappa shape index (κ3) is 2.75. The number of carboxylic acids is 1. The maximum Gasteiger partial charge on any atom is 0.311 e. The normalized spacial score (nSPS) is 21.5. The van der Waals surface area contributed by atoms with Crippen LogP contribution in [0.5, 0.6) is 5.75 Å². The van der Waals surface area contributed by atoms with E-state index in [4.69, 9.17) is 14.6 Å². The van der Waals surface area contributed by atoms with Crippen molar-refractivity contribution in [1.82, 2.24) is 4.90 Å². The zero-order valence-electron chi connectivity index (χ0n) is 11.4. The highest BCUT2D eigenvalue weighted by Gasteiger charge is 2.38. The van der Waals surface area contributed by atoms with Crippen molar-refractivity contribution in [1.29, 1.82) is 0 Å². The Morgan fingerprint density at radius 1 is 1.30 bits per heavy atom. The van der Waals surface area contributed by atoms with Gasteiger partial charge in [-0.2, -0.15) is 0 Å². The van der Waals surface area contributed by atoms with Crippen molar-refractivity contribution in [3.05, 3.63) is 29.8 Å². The molecule has 0 radical (unpaired) electrons. The van der Waals surface area contributed by atoms with Crippen molar-refractivity contribution in [2.45, 2.75) is 6.04 Å². The number of nitrogens with zero attached hydrogens (tertiary/aromatic N) is 1. The molecule has 108 valence electrons. The van der Waals surface area contributed by atoms with Crippen LogP contribution in [-0.4, -0.2) is 55.3 Å². The summed E-state index contributed by atoms with van der Waals surface area (Å²) in [5.74, 6) is -1.18. The number of hydrogen-bond donors (Lipinski definition) is 1. The number of ether oxygens (including phenoxy) is 2. The molecule has 2 atom stereocenters. The van der Waals surface area contributed by atoms with Gasteiger partial charge in [-0.1, -0.05) is 0 Å². The number of rotatable bonds is 4. The Kier molecular flexibility index (Phi) is 4.24. The number of hydrogen-bond acceptors (Lipinski definition) is 4. The number of carbonyl (C=O) groups is 2. The molecule has 0 saturated carbocycles. The minimum absolute atomic E-state index is 0.139. The summed E-state index contributed by atoms with van der Waals surface area (Å²) in [5.41, 5.74) is 0.490. The number of carbonyl (C=O) groups excluding carboxylic acids is 1. The van der Waals surface area contributed by atoms with E-state index < -0.39 is 17.9 Å². The van der Waals surface area contributed by atoms with Crippen LogP contribution in [0.15, 0.2) is 24.3 Å². The fourth-order valence-corrected chi connectivity index (χ4v) is 2.25. The molecule has 0 aliphatic carbocycles. The van der Waals surface area contributed by atoms with E-state index in [0.29, 0.717) is 11.3 Å². The van der Waals surface area contributed by atoms with Gasteiger partial charge in [-0.25, -0.2) is 0 Å². The van der Waals surface area contributed by atoms with Gasteiger partial charge in [0.05, 0.1) is 26.4 Å². The van der Waals surface area contributed by atoms with Gasteiger partial charge in [0.2, 0.25) is 0 Å². The second kappa shape index (κ2) is 5.92. The molecule has 1 fully saturated rings. The summed E-state index contributed by atoms with van der Waals surface area (Å²) < 4.78 is 10.2. The lowest BCUT2D eigenvalue weighted by molar-refractivity contribution is -0.142. The third-order valence-corrected chi connectivity index (χ3v) is 3.52. The highest BCUT2D eigenvalue weighted by atomic mass is 16.5. The van der Waals surface area contributed by atoms with Crippen molar-refractivity contribution in [2.24, 2.45) is 5.92 Å². The van der Waals surface area contributed by atoms with E-state index >= 15 is 0 Å². The Morgan fingerprint density at radius 3 is 2.50 bits per heavy atom. The molecule has 2 unspecified atom stereocenters. The fraction of sp³-hybridized carbons (Fsp3) is 0.429. The van der Waals surface area contributed by atoms with Crippen LogP contribution in [0.2, 0.25) is 0 Å². The molecule has 1 heterocycles. The van der Waals surface area contributed by atoms with E-state index in [-0.39, 0.29) is 19.1 Å². The maximum absolute atomic E-state index is 12.3. The molecule has 2 rings (SSSR count). The molecular formula is C14H17NO5. The van der Waals surface area contributed by atoms with Gasteiger partial charge in [0, 0.05) is 12.6 Å². The Balaban J connectivity index is 2.13. The van der Waals surface area contributed by atoms with Crippen LogP contribution >= 0.6 is 0 Å². The zero-order chi connectivity index (χ0) is 14.7. The van der Waals surface area contributed by atoms with Gasteiger partial charge >= 0.3 is 5.97 Å². The van der Waals surface area contributed by atoms with Gasteiger partial charge in [-0.15, -0.1) is 0 Å². The Bertz CT molecular complexity index is 499. The summed E-state index contributed by atoms with van der Waals surface area (Å²) in [4.78, 5) is 24.9. The minimum atomic E-state index is -0.943. The largest absolute Gasteiger partial charge is 0.497 e. The predicted molar refractivity (Wildman–Crippen MR) is 70.8 cm³/mol. The quantitative estimate of drug-likeness (QED) is 0.885. The second-order valence-corrected chi connectivity index (χ2v) is 4.69. The van der Waals surface area contributed by atoms with Crippen molar-refractivity contribution >= 4 is 11.9 Å². The molecule has 1 aliphatic heterocycles. The first-order valence-corrected chi connectivity index (χ1v) is 6.26. The molecule has 0 aromatic heterocycles. The average Bonchev–Trinajstić information content (AvgIpc) is 2.95. The zero-order valence-corrected chi connectivity index (χ0v) is 11.4. The van der Waals surface area contributed by atoms with E-state index in [1.54, 1.807) is 38.4 Å². The van der Waals surface area contributed by atoms with E-state index in [9.17, 15) is 9.59 Å². The highest BCUT2D eigenvalue weighted by Crippen LogP contribution is 2.21. The number of aliphatic carboxylic acids is 1. The number of carboxylic acid groups (broad SMARTS) is 1. The molecule has 1 aliphatic rings. The lowest BCUT2D eigenvalue weighted by atomic mass is 10.0. The van der Waals surface area contributed by atoms with Crippen molar-refractivity contribution in [3.8, 4) is 5.75 Å². The summed E-state index contributed by atoms with van der Waals surface area (Å²) in [6.07, 6.45) is 0. The molecule has 6 nitrogen and oxygen atoms in total. The first-order chi connectivity index (χ1) is 9.54. The monoisotopic (exact) mass is 279 g/mol. The minimum Gasteiger partial charge on any atom is -0.497 e. The van der Waals surface area contributed by atoms with E-state index in [1.807, 2.05) is 0 Å². The van der Waals surface area contributed by atoms with E-state index in [0.717, 1.165) is 0 Å². The molecule has 1 saturated heterocycles. The van der Waals surface area contributed by atoms with Crippen LogP contribution in [0.25, 0.3) is 0 Å². The predicted octanol–water partition coefficient (Wildman–Crippen LogP) is 0.867. The van der Waals surface area contributed by atoms with Gasteiger partial charge in [0.25, 0.3) is 5.91 Å². The number of likely N-dealkylation sites (N-methyl/N-ethyl adjacent to an activating group) is 1. The summed E-state index contributed by atoms with van der Waals surface area (Å²) in [6.45, 7) is 0.385. The average molecular weight is 279 g/mol. The maximum atomic E-state index is 12.3. The van der Waals surface area contributed by atoms with Crippen LogP contribution in [0.4, 0.5) is 0 Å². The molecule has 1 amide bonds. The van der Waals surface area contributed by atoms with Gasteiger partial charge in [-0.05, 0) is 24.3 Å². The van der Waals surface area contributed by atoms with Crippen LogP contribution in [0.3, 0.4) is 0 Å². The molecule has 0 spiro atoms. The molecule has 1 aromatic carbocycles. The molecular weight excluding hydrogens is 262 g/mol. The lowest BCUT2D eigenvalue weighted by Gasteiger charge is -2.26. The van der Waals surface area contributed by atoms with Crippen LogP contribution in [0, 0.1) is 5.92 Å². The summed E-state index contributed by atoms with van der Waals surface area (Å²) >= 11 is 0. The smallest absolute Gasteiger partial charge is 0.311 e.